The van der Waals surface area contributed by atoms with Crippen molar-refractivity contribution in [3.8, 4) is 0 Å². The molecule has 0 saturated carbocycles. The lowest BCUT2D eigenvalue weighted by atomic mass is 10.3. The van der Waals surface area contributed by atoms with Gasteiger partial charge in [0, 0.05) is 10.7 Å². The van der Waals surface area contributed by atoms with Crippen molar-refractivity contribution in [1.29, 1.82) is 0 Å². The van der Waals surface area contributed by atoms with E-state index in [9.17, 15) is 9.59 Å². The minimum absolute atomic E-state index is 0.108. The Balaban J connectivity index is 1.70. The third kappa shape index (κ3) is 6.14. The molecule has 0 spiro atoms. The van der Waals surface area contributed by atoms with Gasteiger partial charge in [-0.05, 0) is 43.4 Å². The molecule has 2 amide bonds. The average Bonchev–Trinajstić information content (AvgIpc) is 3.00. The first-order valence-electron chi connectivity index (χ1n) is 7.06. The van der Waals surface area contributed by atoms with Gasteiger partial charge in [0.2, 0.25) is 11.8 Å². The molecular weight excluding hydrogens is 318 g/mol. The number of rotatable bonds is 7. The van der Waals surface area contributed by atoms with Crippen LogP contribution in [0.25, 0.3) is 0 Å². The topological polar surface area (TPSA) is 74.6 Å². The van der Waals surface area contributed by atoms with E-state index in [1.165, 1.54) is 0 Å². The van der Waals surface area contributed by atoms with Crippen molar-refractivity contribution in [1.82, 2.24) is 10.2 Å². The Morgan fingerprint density at radius 3 is 2.48 bits per heavy atom. The van der Waals surface area contributed by atoms with Gasteiger partial charge in [0.05, 0.1) is 25.9 Å². The van der Waals surface area contributed by atoms with Crippen molar-refractivity contribution in [2.24, 2.45) is 0 Å². The van der Waals surface area contributed by atoms with Crippen LogP contribution in [0.1, 0.15) is 5.76 Å². The monoisotopic (exact) mass is 335 g/mol. The van der Waals surface area contributed by atoms with E-state index in [1.54, 1.807) is 54.6 Å². The van der Waals surface area contributed by atoms with Gasteiger partial charge in [0.1, 0.15) is 5.76 Å². The van der Waals surface area contributed by atoms with Crippen LogP contribution in [-0.2, 0) is 16.1 Å². The van der Waals surface area contributed by atoms with Gasteiger partial charge in [-0.15, -0.1) is 0 Å². The molecule has 2 rings (SSSR count). The largest absolute Gasteiger partial charge is 0.467 e. The normalized spacial score (nSPS) is 10.6. The predicted octanol–water partition coefficient (Wildman–Crippen LogP) is 2.12. The Morgan fingerprint density at radius 2 is 1.83 bits per heavy atom. The maximum atomic E-state index is 11.9. The van der Waals surface area contributed by atoms with E-state index in [2.05, 4.69) is 10.6 Å². The highest BCUT2D eigenvalue weighted by Gasteiger charge is 2.11. The molecule has 0 radical (unpaired) electrons. The molecule has 0 aliphatic heterocycles. The molecule has 0 fully saturated rings. The standard InChI is InChI=1S/C16H18ClN3O3/c1-20(10-15(21)18-9-14-3-2-8-23-14)11-16(22)19-13-6-4-12(17)5-7-13/h2-8H,9-11H2,1H3,(H,18,21)(H,19,22). The molecule has 0 saturated heterocycles. The maximum absolute atomic E-state index is 11.9. The predicted molar refractivity (Wildman–Crippen MR) is 88.1 cm³/mol. The van der Waals surface area contributed by atoms with E-state index in [-0.39, 0.29) is 24.9 Å². The summed E-state index contributed by atoms with van der Waals surface area (Å²) in [6, 6.07) is 10.4. The van der Waals surface area contributed by atoms with Crippen LogP contribution in [-0.4, -0.2) is 36.9 Å². The number of nitrogens with one attached hydrogen (secondary N) is 2. The highest BCUT2D eigenvalue weighted by atomic mass is 35.5. The fourth-order valence-corrected chi connectivity index (χ4v) is 2.06. The minimum Gasteiger partial charge on any atom is -0.467 e. The van der Waals surface area contributed by atoms with E-state index in [4.69, 9.17) is 16.0 Å². The van der Waals surface area contributed by atoms with Crippen LogP contribution in [0.2, 0.25) is 5.02 Å². The molecule has 7 heteroatoms. The van der Waals surface area contributed by atoms with Crippen LogP contribution in [0.4, 0.5) is 5.69 Å². The number of halogens is 1. The Bertz CT molecular complexity index is 641. The number of carbonyl (C=O) groups is 2. The summed E-state index contributed by atoms with van der Waals surface area (Å²) in [5, 5.41) is 6.07. The van der Waals surface area contributed by atoms with Crippen LogP contribution >= 0.6 is 11.6 Å². The molecule has 0 aliphatic carbocycles. The number of anilines is 1. The SMILES string of the molecule is CN(CC(=O)NCc1ccco1)CC(=O)Nc1ccc(Cl)cc1. The summed E-state index contributed by atoms with van der Waals surface area (Å²) in [7, 11) is 1.70. The van der Waals surface area contributed by atoms with Crippen molar-refractivity contribution < 1.29 is 14.0 Å². The van der Waals surface area contributed by atoms with Crippen molar-refractivity contribution in [3.05, 3.63) is 53.4 Å². The van der Waals surface area contributed by atoms with Gasteiger partial charge in [-0.25, -0.2) is 0 Å². The fourth-order valence-electron chi connectivity index (χ4n) is 1.93. The first-order chi connectivity index (χ1) is 11.0. The highest BCUT2D eigenvalue weighted by Crippen LogP contribution is 2.13. The summed E-state index contributed by atoms with van der Waals surface area (Å²) < 4.78 is 5.13. The Labute approximate surface area is 139 Å². The van der Waals surface area contributed by atoms with E-state index in [0.717, 1.165) is 0 Å². The zero-order chi connectivity index (χ0) is 16.7. The van der Waals surface area contributed by atoms with Gasteiger partial charge >= 0.3 is 0 Å². The number of carbonyl (C=O) groups excluding carboxylic acids is 2. The summed E-state index contributed by atoms with van der Waals surface area (Å²) in [4.78, 5) is 25.3. The molecule has 2 N–H and O–H groups in total. The maximum Gasteiger partial charge on any atom is 0.238 e. The molecule has 2 aromatic rings. The van der Waals surface area contributed by atoms with Crippen molar-refractivity contribution in [2.75, 3.05) is 25.5 Å². The second-order valence-corrected chi connectivity index (χ2v) is 5.52. The summed E-state index contributed by atoms with van der Waals surface area (Å²) in [6.45, 7) is 0.558. The number of hydrogen-bond acceptors (Lipinski definition) is 4. The molecular formula is C16H18ClN3O3. The summed E-state index contributed by atoms with van der Waals surface area (Å²) in [5.41, 5.74) is 0.662. The number of hydrogen-bond donors (Lipinski definition) is 2. The lowest BCUT2D eigenvalue weighted by Crippen LogP contribution is -2.38. The number of benzene rings is 1. The van der Waals surface area contributed by atoms with Gasteiger partial charge < -0.3 is 15.1 Å². The van der Waals surface area contributed by atoms with E-state index in [1.807, 2.05) is 0 Å². The third-order valence-electron chi connectivity index (χ3n) is 2.99. The lowest BCUT2D eigenvalue weighted by molar-refractivity contribution is -0.123. The van der Waals surface area contributed by atoms with Crippen LogP contribution < -0.4 is 10.6 Å². The first-order valence-corrected chi connectivity index (χ1v) is 7.44. The lowest BCUT2D eigenvalue weighted by Gasteiger charge is -2.15. The van der Waals surface area contributed by atoms with Crippen molar-refractivity contribution >= 4 is 29.1 Å². The molecule has 1 heterocycles. The average molecular weight is 336 g/mol. The Kier molecular flexibility index (Phi) is 6.19. The summed E-state index contributed by atoms with van der Waals surface area (Å²) >= 11 is 5.78. The number of nitrogens with zero attached hydrogens (tertiary/aromatic N) is 1. The van der Waals surface area contributed by atoms with Gasteiger partial charge in [-0.2, -0.15) is 0 Å². The van der Waals surface area contributed by atoms with Crippen molar-refractivity contribution in [2.45, 2.75) is 6.54 Å². The van der Waals surface area contributed by atoms with Gasteiger partial charge in [0.25, 0.3) is 0 Å². The van der Waals surface area contributed by atoms with Gasteiger partial charge in [-0.1, -0.05) is 11.6 Å². The molecule has 1 aromatic heterocycles. The Morgan fingerprint density at radius 1 is 1.13 bits per heavy atom. The number of furan rings is 1. The molecule has 1 aromatic carbocycles. The molecule has 0 atom stereocenters. The van der Waals surface area contributed by atoms with E-state index in [0.29, 0.717) is 23.0 Å². The van der Waals surface area contributed by atoms with Crippen molar-refractivity contribution in [3.63, 3.8) is 0 Å². The van der Waals surface area contributed by atoms with Crippen LogP contribution in [0.15, 0.2) is 47.1 Å². The smallest absolute Gasteiger partial charge is 0.238 e. The molecule has 0 unspecified atom stereocenters. The van der Waals surface area contributed by atoms with Crippen LogP contribution in [0.5, 0.6) is 0 Å². The molecule has 0 aliphatic rings. The fraction of sp³-hybridized carbons (Fsp3) is 0.250. The zero-order valence-corrected chi connectivity index (χ0v) is 13.5. The second kappa shape index (κ2) is 8.36. The highest BCUT2D eigenvalue weighted by molar-refractivity contribution is 6.30. The third-order valence-corrected chi connectivity index (χ3v) is 3.25. The minimum atomic E-state index is -0.200. The van der Waals surface area contributed by atoms with Crippen LogP contribution in [0.3, 0.4) is 0 Å². The van der Waals surface area contributed by atoms with Crippen LogP contribution in [0, 0.1) is 0 Å². The molecule has 0 bridgehead atoms. The van der Waals surface area contributed by atoms with E-state index >= 15 is 0 Å². The van der Waals surface area contributed by atoms with E-state index < -0.39 is 0 Å². The zero-order valence-electron chi connectivity index (χ0n) is 12.7. The molecule has 122 valence electrons. The Hall–Kier alpha value is -2.31. The second-order valence-electron chi connectivity index (χ2n) is 5.08. The quantitative estimate of drug-likeness (QED) is 0.812. The molecule has 23 heavy (non-hydrogen) atoms. The number of amides is 2. The number of likely N-dealkylation sites (N-methyl/N-ethyl adjacent to an activating group) is 1. The van der Waals surface area contributed by atoms with Gasteiger partial charge in [-0.3, -0.25) is 14.5 Å². The van der Waals surface area contributed by atoms with Gasteiger partial charge in [0.15, 0.2) is 0 Å². The molecule has 6 nitrogen and oxygen atoms in total. The first kappa shape index (κ1) is 17.1. The summed E-state index contributed by atoms with van der Waals surface area (Å²) in [6.07, 6.45) is 1.55. The summed E-state index contributed by atoms with van der Waals surface area (Å²) in [5.74, 6) is 0.304.